The molecule has 4 heteroatoms. The molecule has 0 bridgehead atoms. The Balaban J connectivity index is 1.52. The van der Waals surface area contributed by atoms with Crippen LogP contribution in [-0.4, -0.2) is 25.5 Å². The predicted octanol–water partition coefficient (Wildman–Crippen LogP) is 2.32. The summed E-state index contributed by atoms with van der Waals surface area (Å²) in [5, 5.41) is 3.06. The molecule has 21 heavy (non-hydrogen) atoms. The number of para-hydroxylation sites is 1. The van der Waals surface area contributed by atoms with Crippen LogP contribution in [0, 0.1) is 15.4 Å². The minimum Gasteiger partial charge on any atom is -0.327 e. The van der Waals surface area contributed by atoms with E-state index in [-0.39, 0.29) is 5.91 Å². The number of likely N-dealkylation sites (tertiary alicyclic amines) is 1. The highest BCUT2D eigenvalue weighted by atomic mass is 127. The van der Waals surface area contributed by atoms with Crippen molar-refractivity contribution in [3.63, 3.8) is 0 Å². The van der Waals surface area contributed by atoms with Crippen molar-refractivity contribution in [1.29, 1.82) is 0 Å². The van der Waals surface area contributed by atoms with E-state index in [0.29, 0.717) is 6.54 Å². The van der Waals surface area contributed by atoms with Crippen LogP contribution in [0.4, 0.5) is 5.69 Å². The fraction of sp³-hybridized carbons (Fsp3) is 0.588. The van der Waals surface area contributed by atoms with E-state index in [0.717, 1.165) is 21.1 Å². The van der Waals surface area contributed by atoms with E-state index < -0.39 is 0 Å². The van der Waals surface area contributed by atoms with Crippen molar-refractivity contribution in [2.75, 3.05) is 25.0 Å². The fourth-order valence-electron chi connectivity index (χ4n) is 3.94. The molecule has 2 aliphatic rings. The van der Waals surface area contributed by atoms with Crippen LogP contribution in [0.2, 0.25) is 0 Å². The van der Waals surface area contributed by atoms with Crippen LogP contribution in [0.1, 0.15) is 32.1 Å². The number of halogens is 1. The van der Waals surface area contributed by atoms with Crippen LogP contribution >= 0.6 is 22.6 Å². The highest BCUT2D eigenvalue weighted by Gasteiger charge is 2.34. The van der Waals surface area contributed by atoms with Gasteiger partial charge >= 0.3 is 0 Å². The quantitative estimate of drug-likeness (QED) is 0.752. The molecule has 1 amide bonds. The Morgan fingerprint density at radius 3 is 2.76 bits per heavy atom. The van der Waals surface area contributed by atoms with E-state index >= 15 is 0 Å². The van der Waals surface area contributed by atoms with E-state index in [2.05, 4.69) is 27.9 Å². The number of carbonyl (C=O) groups excluding carboxylic acids is 1. The Morgan fingerprint density at radius 2 is 1.95 bits per heavy atom. The van der Waals surface area contributed by atoms with Gasteiger partial charge in [0.05, 0.1) is 18.8 Å². The van der Waals surface area contributed by atoms with Gasteiger partial charge in [-0.05, 0) is 59.9 Å². The first kappa shape index (κ1) is 15.3. The Morgan fingerprint density at radius 1 is 1.19 bits per heavy atom. The van der Waals surface area contributed by atoms with Gasteiger partial charge in [-0.25, -0.2) is 0 Å². The summed E-state index contributed by atoms with van der Waals surface area (Å²) in [5.41, 5.74) is 0.940. The van der Waals surface area contributed by atoms with Crippen molar-refractivity contribution in [2.45, 2.75) is 32.1 Å². The molecule has 1 unspecified atom stereocenters. The summed E-state index contributed by atoms with van der Waals surface area (Å²) in [4.78, 5) is 13.7. The van der Waals surface area contributed by atoms with Gasteiger partial charge in [-0.3, -0.25) is 4.79 Å². The third-order valence-electron chi connectivity index (χ3n) is 5.04. The second-order valence-electron chi connectivity index (χ2n) is 6.50. The molecule has 3 rings (SSSR count). The number of amides is 1. The molecule has 114 valence electrons. The summed E-state index contributed by atoms with van der Waals surface area (Å²) in [6.45, 7) is 2.98. The van der Waals surface area contributed by atoms with Crippen LogP contribution in [0.5, 0.6) is 0 Å². The van der Waals surface area contributed by atoms with Gasteiger partial charge in [0.2, 0.25) is 0 Å². The molecule has 2 N–H and O–H groups in total. The number of anilines is 1. The molecular weight excluding hydrogens is 375 g/mol. The van der Waals surface area contributed by atoms with E-state index in [4.69, 9.17) is 0 Å². The van der Waals surface area contributed by atoms with E-state index in [1.54, 1.807) is 0 Å². The number of carbonyl (C=O) groups is 1. The van der Waals surface area contributed by atoms with Gasteiger partial charge in [0.1, 0.15) is 0 Å². The van der Waals surface area contributed by atoms with Crippen LogP contribution in [0.15, 0.2) is 24.3 Å². The lowest BCUT2D eigenvalue weighted by Crippen LogP contribution is -3.15. The van der Waals surface area contributed by atoms with Crippen molar-refractivity contribution < 1.29 is 9.69 Å². The van der Waals surface area contributed by atoms with Crippen molar-refractivity contribution in [3.8, 4) is 0 Å². The zero-order valence-electron chi connectivity index (χ0n) is 12.4. The fourth-order valence-corrected chi connectivity index (χ4v) is 4.46. The minimum atomic E-state index is 0.156. The average Bonchev–Trinajstić information content (AvgIpc) is 2.49. The molecule has 1 aromatic rings. The van der Waals surface area contributed by atoms with Crippen molar-refractivity contribution >= 4 is 34.2 Å². The van der Waals surface area contributed by atoms with E-state index in [1.807, 2.05) is 24.3 Å². The molecular formula is C17H24IN2O+. The van der Waals surface area contributed by atoms with Crippen molar-refractivity contribution in [1.82, 2.24) is 0 Å². The average molecular weight is 399 g/mol. The van der Waals surface area contributed by atoms with Crippen LogP contribution in [0.3, 0.4) is 0 Å². The molecule has 3 atom stereocenters. The summed E-state index contributed by atoms with van der Waals surface area (Å²) < 4.78 is 1.10. The lowest BCUT2D eigenvalue weighted by molar-refractivity contribution is -0.902. The molecule has 1 aliphatic heterocycles. The molecule has 1 aromatic carbocycles. The standard InChI is InChI=1S/C17H23IN2O/c18-15-7-3-4-8-16(15)19-17(21)12-20-10-9-13-5-1-2-6-14(13)11-20/h3-4,7-8,13-14H,1-2,5-6,9-12H2,(H,19,21)/p+1/t13-,14+/m0/s1. The maximum atomic E-state index is 12.3. The molecule has 1 saturated heterocycles. The van der Waals surface area contributed by atoms with Gasteiger partial charge < -0.3 is 10.2 Å². The second-order valence-corrected chi connectivity index (χ2v) is 7.66. The van der Waals surface area contributed by atoms with Gasteiger partial charge in [0.15, 0.2) is 6.54 Å². The second kappa shape index (κ2) is 7.09. The number of quaternary nitrogens is 1. The normalized spacial score (nSPS) is 28.7. The number of hydrogen-bond donors (Lipinski definition) is 2. The van der Waals surface area contributed by atoms with Crippen LogP contribution in [0.25, 0.3) is 0 Å². The first-order valence-electron chi connectivity index (χ1n) is 8.10. The molecule has 1 aliphatic carbocycles. The number of rotatable bonds is 3. The number of piperidine rings is 1. The Kier molecular flexibility index (Phi) is 5.16. The minimum absolute atomic E-state index is 0.156. The summed E-state index contributed by atoms with van der Waals surface area (Å²) in [5.74, 6) is 1.97. The van der Waals surface area contributed by atoms with Crippen LogP contribution < -0.4 is 10.2 Å². The smallest absolute Gasteiger partial charge is 0.279 e. The predicted molar refractivity (Wildman–Crippen MR) is 93.4 cm³/mol. The van der Waals surface area contributed by atoms with E-state index in [1.165, 1.54) is 50.1 Å². The lowest BCUT2D eigenvalue weighted by Gasteiger charge is -2.38. The number of nitrogens with one attached hydrogen (secondary N) is 2. The molecule has 0 aromatic heterocycles. The molecule has 3 nitrogen and oxygen atoms in total. The van der Waals surface area contributed by atoms with Gasteiger partial charge in [0, 0.05) is 9.49 Å². The van der Waals surface area contributed by atoms with Crippen LogP contribution in [-0.2, 0) is 4.79 Å². The van der Waals surface area contributed by atoms with Gasteiger partial charge in [-0.1, -0.05) is 25.0 Å². The van der Waals surface area contributed by atoms with E-state index in [9.17, 15) is 4.79 Å². The molecule has 2 fully saturated rings. The molecule has 1 heterocycles. The molecule has 1 saturated carbocycles. The first-order chi connectivity index (χ1) is 10.2. The summed E-state index contributed by atoms with van der Waals surface area (Å²) in [6.07, 6.45) is 6.93. The summed E-state index contributed by atoms with van der Waals surface area (Å²) in [7, 11) is 0. The highest BCUT2D eigenvalue weighted by molar-refractivity contribution is 14.1. The molecule has 0 radical (unpaired) electrons. The first-order valence-corrected chi connectivity index (χ1v) is 9.18. The Labute approximate surface area is 140 Å². The third-order valence-corrected chi connectivity index (χ3v) is 5.99. The zero-order chi connectivity index (χ0) is 14.7. The molecule has 0 spiro atoms. The van der Waals surface area contributed by atoms with Gasteiger partial charge in [0.25, 0.3) is 5.91 Å². The van der Waals surface area contributed by atoms with Crippen molar-refractivity contribution in [2.24, 2.45) is 11.8 Å². The Hall–Kier alpha value is -0.620. The monoisotopic (exact) mass is 399 g/mol. The lowest BCUT2D eigenvalue weighted by atomic mass is 9.75. The number of hydrogen-bond acceptors (Lipinski definition) is 1. The maximum Gasteiger partial charge on any atom is 0.279 e. The van der Waals surface area contributed by atoms with Gasteiger partial charge in [-0.15, -0.1) is 0 Å². The third kappa shape index (κ3) is 3.97. The number of fused-ring (bicyclic) bond motifs is 1. The topological polar surface area (TPSA) is 33.5 Å². The largest absolute Gasteiger partial charge is 0.327 e. The summed E-state index contributed by atoms with van der Waals surface area (Å²) in [6, 6.07) is 7.97. The maximum absolute atomic E-state index is 12.3. The zero-order valence-corrected chi connectivity index (χ0v) is 14.6. The van der Waals surface area contributed by atoms with Crippen molar-refractivity contribution in [3.05, 3.63) is 27.8 Å². The van der Waals surface area contributed by atoms with Gasteiger partial charge in [-0.2, -0.15) is 0 Å². The number of benzene rings is 1. The summed E-state index contributed by atoms with van der Waals surface area (Å²) >= 11 is 2.27. The highest BCUT2D eigenvalue weighted by Crippen LogP contribution is 2.32. The Bertz CT molecular complexity index is 505. The SMILES string of the molecule is O=C(C[NH+]1CC[C@@H]2CCCC[C@@H]2C1)Nc1ccccc1I.